The minimum atomic E-state index is -1.66. The van der Waals surface area contributed by atoms with E-state index in [4.69, 9.17) is 9.84 Å². The molecule has 0 aliphatic carbocycles. The van der Waals surface area contributed by atoms with Gasteiger partial charge in [-0.25, -0.2) is 4.79 Å². The first kappa shape index (κ1) is 14.7. The summed E-state index contributed by atoms with van der Waals surface area (Å²) in [7, 11) is -1.66. The van der Waals surface area contributed by atoms with Gasteiger partial charge in [-0.3, -0.25) is 9.00 Å². The Labute approximate surface area is 118 Å². The Morgan fingerprint density at radius 3 is 2.55 bits per heavy atom. The van der Waals surface area contributed by atoms with Crippen LogP contribution in [0.5, 0.6) is 0 Å². The Morgan fingerprint density at radius 2 is 1.90 bits per heavy atom. The van der Waals surface area contributed by atoms with Gasteiger partial charge in [0.2, 0.25) is 5.91 Å². The molecule has 0 saturated carbocycles. The second-order valence-electron chi connectivity index (χ2n) is 4.28. The molecule has 1 fully saturated rings. The van der Waals surface area contributed by atoms with Crippen LogP contribution < -0.4 is 0 Å². The summed E-state index contributed by atoms with van der Waals surface area (Å²) in [6.07, 6.45) is 0. The highest BCUT2D eigenvalue weighted by Crippen LogP contribution is 2.14. The SMILES string of the molecule is O=C(O)c1ccccc1S(=O)CC(=O)N1CCOCC1. The van der Waals surface area contributed by atoms with Crippen molar-refractivity contribution in [2.24, 2.45) is 0 Å². The molecule has 0 aromatic heterocycles. The summed E-state index contributed by atoms with van der Waals surface area (Å²) in [6, 6.07) is 6.04. The Hall–Kier alpha value is -1.73. The molecule has 1 atom stereocenters. The highest BCUT2D eigenvalue weighted by molar-refractivity contribution is 7.85. The number of rotatable bonds is 4. The first-order valence-electron chi connectivity index (χ1n) is 6.16. The van der Waals surface area contributed by atoms with Gasteiger partial charge >= 0.3 is 5.97 Å². The molecule has 7 heteroatoms. The number of aromatic carboxylic acids is 1. The van der Waals surface area contributed by atoms with Crippen LogP contribution in [-0.4, -0.2) is 58.1 Å². The molecule has 0 spiro atoms. The number of carboxylic acid groups (broad SMARTS) is 1. The van der Waals surface area contributed by atoms with Crippen LogP contribution in [0.1, 0.15) is 10.4 Å². The fourth-order valence-electron chi connectivity index (χ4n) is 1.94. The second kappa shape index (κ2) is 6.62. The zero-order valence-corrected chi connectivity index (χ0v) is 11.6. The highest BCUT2D eigenvalue weighted by Gasteiger charge is 2.22. The number of ether oxygens (including phenoxy) is 1. The quantitative estimate of drug-likeness (QED) is 0.867. The Morgan fingerprint density at radius 1 is 1.25 bits per heavy atom. The summed E-state index contributed by atoms with van der Waals surface area (Å²) in [5.41, 5.74) is -0.0272. The zero-order valence-electron chi connectivity index (χ0n) is 10.8. The smallest absolute Gasteiger partial charge is 0.336 e. The summed E-state index contributed by atoms with van der Waals surface area (Å²) in [6.45, 7) is 1.92. The van der Waals surface area contributed by atoms with Crippen LogP contribution in [-0.2, 0) is 20.3 Å². The largest absolute Gasteiger partial charge is 0.478 e. The topological polar surface area (TPSA) is 83.9 Å². The summed E-state index contributed by atoms with van der Waals surface area (Å²) in [4.78, 5) is 24.8. The van der Waals surface area contributed by atoms with Gasteiger partial charge in [0.15, 0.2) is 0 Å². The van der Waals surface area contributed by atoms with Crippen molar-refractivity contribution in [3.8, 4) is 0 Å². The monoisotopic (exact) mass is 297 g/mol. The van der Waals surface area contributed by atoms with E-state index in [9.17, 15) is 13.8 Å². The van der Waals surface area contributed by atoms with E-state index in [1.807, 2.05) is 0 Å². The van der Waals surface area contributed by atoms with Crippen molar-refractivity contribution in [1.29, 1.82) is 0 Å². The van der Waals surface area contributed by atoms with E-state index in [-0.39, 0.29) is 22.1 Å². The lowest BCUT2D eigenvalue weighted by molar-refractivity contribution is -0.132. The normalized spacial score (nSPS) is 16.7. The molecule has 1 heterocycles. The number of carboxylic acids is 1. The molecule has 108 valence electrons. The molecule has 1 aliphatic rings. The van der Waals surface area contributed by atoms with Gasteiger partial charge in [-0.2, -0.15) is 0 Å². The van der Waals surface area contributed by atoms with Crippen molar-refractivity contribution in [2.45, 2.75) is 4.90 Å². The summed E-state index contributed by atoms with van der Waals surface area (Å²) in [5.74, 6) is -1.59. The van der Waals surface area contributed by atoms with Crippen molar-refractivity contribution in [3.05, 3.63) is 29.8 Å². The maximum Gasteiger partial charge on any atom is 0.336 e. The van der Waals surface area contributed by atoms with Crippen LogP contribution in [0.15, 0.2) is 29.2 Å². The van der Waals surface area contributed by atoms with Crippen LogP contribution in [0.2, 0.25) is 0 Å². The average molecular weight is 297 g/mol. The fourth-order valence-corrected chi connectivity index (χ4v) is 3.13. The van der Waals surface area contributed by atoms with E-state index in [1.165, 1.54) is 12.1 Å². The van der Waals surface area contributed by atoms with Gasteiger partial charge in [0.05, 0.1) is 34.5 Å². The molecule has 6 nitrogen and oxygen atoms in total. The molecule has 1 aliphatic heterocycles. The van der Waals surface area contributed by atoms with Crippen molar-refractivity contribution < 1.29 is 23.6 Å². The molecular weight excluding hydrogens is 282 g/mol. The third kappa shape index (κ3) is 3.43. The van der Waals surface area contributed by atoms with Gasteiger partial charge in [-0.05, 0) is 12.1 Å². The number of amides is 1. The summed E-state index contributed by atoms with van der Waals surface area (Å²) < 4.78 is 17.3. The van der Waals surface area contributed by atoms with E-state index in [0.717, 1.165) is 0 Å². The van der Waals surface area contributed by atoms with Crippen LogP contribution in [0.4, 0.5) is 0 Å². The number of hydrogen-bond donors (Lipinski definition) is 1. The highest BCUT2D eigenvalue weighted by atomic mass is 32.2. The first-order valence-corrected chi connectivity index (χ1v) is 7.47. The maximum absolute atomic E-state index is 12.2. The fraction of sp³-hybridized carbons (Fsp3) is 0.385. The van der Waals surface area contributed by atoms with Crippen molar-refractivity contribution in [2.75, 3.05) is 32.1 Å². The minimum absolute atomic E-state index is 0.0272. The molecule has 20 heavy (non-hydrogen) atoms. The molecule has 0 bridgehead atoms. The first-order chi connectivity index (χ1) is 9.59. The number of hydrogen-bond acceptors (Lipinski definition) is 4. The predicted molar refractivity (Wildman–Crippen MR) is 72.1 cm³/mol. The second-order valence-corrected chi connectivity index (χ2v) is 5.70. The summed E-state index contributed by atoms with van der Waals surface area (Å²) in [5, 5.41) is 9.05. The van der Waals surface area contributed by atoms with Gasteiger partial charge in [-0.1, -0.05) is 12.1 Å². The van der Waals surface area contributed by atoms with Gasteiger partial charge in [-0.15, -0.1) is 0 Å². The Bertz CT molecular complexity index is 539. The van der Waals surface area contributed by atoms with Crippen LogP contribution in [0.3, 0.4) is 0 Å². The van der Waals surface area contributed by atoms with E-state index in [1.54, 1.807) is 17.0 Å². The maximum atomic E-state index is 12.2. The van der Waals surface area contributed by atoms with Gasteiger partial charge < -0.3 is 14.7 Å². The molecule has 2 rings (SSSR count). The third-order valence-electron chi connectivity index (χ3n) is 2.98. The van der Waals surface area contributed by atoms with Crippen molar-refractivity contribution in [3.63, 3.8) is 0 Å². The van der Waals surface area contributed by atoms with E-state index in [0.29, 0.717) is 26.3 Å². The molecule has 1 aromatic rings. The number of nitrogens with zero attached hydrogens (tertiary/aromatic N) is 1. The molecule has 1 unspecified atom stereocenters. The van der Waals surface area contributed by atoms with E-state index in [2.05, 4.69) is 0 Å². The molecule has 1 amide bonds. The number of morpholine rings is 1. The van der Waals surface area contributed by atoms with Crippen molar-refractivity contribution in [1.82, 2.24) is 4.90 Å². The molecule has 1 N–H and O–H groups in total. The molecular formula is C13H15NO5S. The lowest BCUT2D eigenvalue weighted by atomic mass is 10.2. The zero-order chi connectivity index (χ0) is 14.5. The van der Waals surface area contributed by atoms with Crippen LogP contribution in [0.25, 0.3) is 0 Å². The standard InChI is InChI=1S/C13H15NO5S/c15-12(14-5-7-19-8-6-14)9-20(18)11-4-2-1-3-10(11)13(16)17/h1-4H,5-9H2,(H,16,17). The predicted octanol–water partition coefficient (Wildman–Crippen LogP) is 0.351. The number of carbonyl (C=O) groups is 2. The lowest BCUT2D eigenvalue weighted by Crippen LogP contribution is -2.42. The third-order valence-corrected chi connectivity index (χ3v) is 4.34. The minimum Gasteiger partial charge on any atom is -0.478 e. The molecule has 1 saturated heterocycles. The van der Waals surface area contributed by atoms with Gasteiger partial charge in [0, 0.05) is 13.1 Å². The lowest BCUT2D eigenvalue weighted by Gasteiger charge is -2.26. The van der Waals surface area contributed by atoms with E-state index < -0.39 is 16.8 Å². The van der Waals surface area contributed by atoms with Crippen LogP contribution >= 0.6 is 0 Å². The Kier molecular flexibility index (Phi) is 4.86. The van der Waals surface area contributed by atoms with Gasteiger partial charge in [0.1, 0.15) is 5.75 Å². The molecule has 0 radical (unpaired) electrons. The van der Waals surface area contributed by atoms with E-state index >= 15 is 0 Å². The van der Waals surface area contributed by atoms with Crippen molar-refractivity contribution >= 4 is 22.7 Å². The Balaban J connectivity index is 2.08. The summed E-state index contributed by atoms with van der Waals surface area (Å²) >= 11 is 0. The number of carbonyl (C=O) groups excluding carboxylic acids is 1. The molecule has 1 aromatic carbocycles. The van der Waals surface area contributed by atoms with Gasteiger partial charge in [0.25, 0.3) is 0 Å². The van der Waals surface area contributed by atoms with Crippen LogP contribution in [0, 0.1) is 0 Å². The number of benzene rings is 1. The average Bonchev–Trinajstić information content (AvgIpc) is 2.48.